The van der Waals surface area contributed by atoms with Gasteiger partial charge in [0.25, 0.3) is 0 Å². The summed E-state index contributed by atoms with van der Waals surface area (Å²) in [5.41, 5.74) is 4.90. The molecule has 30 heavy (non-hydrogen) atoms. The average molecular weight is 413 g/mol. The number of aliphatic imine (C=N–C) groups is 1. The van der Waals surface area contributed by atoms with Crippen molar-refractivity contribution in [3.63, 3.8) is 0 Å². The van der Waals surface area contributed by atoms with Crippen molar-refractivity contribution in [2.24, 2.45) is 4.99 Å². The number of rotatable bonds is 2. The Kier molecular flexibility index (Phi) is 4.82. The van der Waals surface area contributed by atoms with E-state index in [1.54, 1.807) is 0 Å². The highest BCUT2D eigenvalue weighted by molar-refractivity contribution is 7.10. The molecule has 1 unspecified atom stereocenters. The molecule has 0 radical (unpaired) electrons. The lowest BCUT2D eigenvalue weighted by atomic mass is 10.1. The van der Waals surface area contributed by atoms with Gasteiger partial charge in [0.15, 0.2) is 13.8 Å². The molecule has 0 N–H and O–H groups in total. The second-order valence-electron chi connectivity index (χ2n) is 8.95. The molecule has 0 spiro atoms. The minimum absolute atomic E-state index is 1.14. The quantitative estimate of drug-likeness (QED) is 0.418. The molecule has 2 heterocycles. The number of allylic oxidation sites excluding steroid dienone is 4. The van der Waals surface area contributed by atoms with Gasteiger partial charge in [0.1, 0.15) is 14.1 Å². The SMILES string of the molecule is C[N+](C)=C1C=CC2=Nc3ccc(N4CCCCC4)cc3[Si](C)(c3ccccc3)C2=C1. The zero-order chi connectivity index (χ0) is 20.7. The summed E-state index contributed by atoms with van der Waals surface area (Å²) < 4.78 is 2.19. The first-order valence-electron chi connectivity index (χ1n) is 11.1. The highest BCUT2D eigenvalue weighted by Gasteiger charge is 2.43. The fourth-order valence-corrected chi connectivity index (χ4v) is 8.98. The summed E-state index contributed by atoms with van der Waals surface area (Å²) in [5.74, 6) is 0. The van der Waals surface area contributed by atoms with Gasteiger partial charge in [0.05, 0.1) is 11.4 Å². The van der Waals surface area contributed by atoms with Crippen LogP contribution in [-0.2, 0) is 0 Å². The highest BCUT2D eigenvalue weighted by atomic mass is 28.3. The zero-order valence-corrected chi connectivity index (χ0v) is 19.2. The van der Waals surface area contributed by atoms with E-state index in [-0.39, 0.29) is 0 Å². The van der Waals surface area contributed by atoms with E-state index in [1.807, 2.05) is 0 Å². The third-order valence-corrected chi connectivity index (χ3v) is 11.3. The molecule has 0 amide bonds. The van der Waals surface area contributed by atoms with Crippen LogP contribution in [0.1, 0.15) is 19.3 Å². The molecule has 3 nitrogen and oxygen atoms in total. The minimum atomic E-state index is -2.17. The number of hydrogen-bond donors (Lipinski definition) is 0. The van der Waals surface area contributed by atoms with Crippen LogP contribution in [0, 0.1) is 0 Å². The maximum Gasteiger partial charge on any atom is 0.199 e. The second-order valence-corrected chi connectivity index (χ2v) is 12.9. The van der Waals surface area contributed by atoms with Gasteiger partial charge >= 0.3 is 0 Å². The summed E-state index contributed by atoms with van der Waals surface area (Å²) in [6.07, 6.45) is 10.7. The summed E-state index contributed by atoms with van der Waals surface area (Å²) in [6, 6.07) is 18.1. The number of nitrogens with zero attached hydrogens (tertiary/aromatic N) is 3. The standard InChI is InChI=1S/C26H30N3Si/c1-28(2)20-12-14-23-25(18-20)30(3,22-10-6-4-7-11-22)26-19-21(13-15-24(26)27-23)29-16-8-5-9-17-29/h4,6-7,10-15,18-19H,5,8-9,16-17H2,1-3H3/q+1. The van der Waals surface area contributed by atoms with Crippen LogP contribution in [0.15, 0.2) is 76.9 Å². The number of fused-ring (bicyclic) bond motifs is 2. The van der Waals surface area contributed by atoms with E-state index < -0.39 is 8.07 Å². The number of piperidine rings is 1. The largest absolute Gasteiger partial charge is 0.372 e. The molecule has 1 atom stereocenters. The molecule has 5 rings (SSSR count). The van der Waals surface area contributed by atoms with E-state index in [0.29, 0.717) is 0 Å². The lowest BCUT2D eigenvalue weighted by molar-refractivity contribution is -0.462. The van der Waals surface area contributed by atoms with E-state index in [4.69, 9.17) is 4.99 Å². The third-order valence-electron chi connectivity index (χ3n) is 6.87. The molecule has 2 aromatic rings. The van der Waals surface area contributed by atoms with Crippen molar-refractivity contribution < 1.29 is 4.58 Å². The van der Waals surface area contributed by atoms with Gasteiger partial charge in [-0.1, -0.05) is 36.9 Å². The highest BCUT2D eigenvalue weighted by Crippen LogP contribution is 2.33. The number of hydrogen-bond acceptors (Lipinski definition) is 2. The first-order valence-corrected chi connectivity index (χ1v) is 13.6. The van der Waals surface area contributed by atoms with Crippen LogP contribution >= 0.6 is 0 Å². The zero-order valence-electron chi connectivity index (χ0n) is 18.2. The topological polar surface area (TPSA) is 18.6 Å². The summed E-state index contributed by atoms with van der Waals surface area (Å²) >= 11 is 0. The van der Waals surface area contributed by atoms with Crippen molar-refractivity contribution in [2.45, 2.75) is 25.8 Å². The van der Waals surface area contributed by atoms with Crippen molar-refractivity contribution in [3.8, 4) is 0 Å². The molecular formula is C26H30N3Si+. The molecule has 4 heteroatoms. The molecule has 2 aliphatic heterocycles. The van der Waals surface area contributed by atoms with E-state index in [2.05, 4.69) is 96.9 Å². The second kappa shape index (κ2) is 7.51. The Morgan fingerprint density at radius 2 is 1.70 bits per heavy atom. The lowest BCUT2D eigenvalue weighted by Crippen LogP contribution is -2.61. The molecule has 152 valence electrons. The molecular weight excluding hydrogens is 382 g/mol. The third kappa shape index (κ3) is 3.10. The van der Waals surface area contributed by atoms with Crippen molar-refractivity contribution in [2.75, 3.05) is 32.1 Å². The Bertz CT molecular complexity index is 1100. The predicted octanol–water partition coefficient (Wildman–Crippen LogP) is 3.70. The maximum absolute atomic E-state index is 5.11. The van der Waals surface area contributed by atoms with Crippen LogP contribution in [-0.4, -0.2) is 51.3 Å². The molecule has 0 saturated carbocycles. The molecule has 0 aromatic heterocycles. The van der Waals surface area contributed by atoms with Crippen molar-refractivity contribution in [3.05, 3.63) is 72.0 Å². The van der Waals surface area contributed by atoms with Crippen molar-refractivity contribution in [1.29, 1.82) is 0 Å². The summed E-state index contributed by atoms with van der Waals surface area (Å²) in [6.45, 7) is 4.84. The van der Waals surface area contributed by atoms with Gasteiger partial charge in [0.2, 0.25) is 0 Å². The lowest BCUT2D eigenvalue weighted by Gasteiger charge is -2.38. The molecule has 0 bridgehead atoms. The van der Waals surface area contributed by atoms with Gasteiger partial charge in [0, 0.05) is 30.9 Å². The normalized spacial score (nSPS) is 22.8. The molecule has 3 aliphatic rings. The first-order chi connectivity index (χ1) is 14.6. The van der Waals surface area contributed by atoms with E-state index in [9.17, 15) is 0 Å². The van der Waals surface area contributed by atoms with E-state index in [0.717, 1.165) is 11.4 Å². The minimum Gasteiger partial charge on any atom is -0.372 e. The first kappa shape index (κ1) is 19.3. The Morgan fingerprint density at radius 1 is 0.933 bits per heavy atom. The summed E-state index contributed by atoms with van der Waals surface area (Å²) in [5, 5.41) is 4.32. The van der Waals surface area contributed by atoms with Crippen LogP contribution in [0.3, 0.4) is 0 Å². The average Bonchev–Trinajstić information content (AvgIpc) is 2.80. The maximum atomic E-state index is 5.11. The van der Waals surface area contributed by atoms with Crippen LogP contribution in [0.5, 0.6) is 0 Å². The fourth-order valence-electron chi connectivity index (χ4n) is 5.03. The van der Waals surface area contributed by atoms with Crippen LogP contribution < -0.4 is 15.3 Å². The smallest absolute Gasteiger partial charge is 0.199 e. The van der Waals surface area contributed by atoms with Crippen LogP contribution in [0.2, 0.25) is 6.55 Å². The Hall–Kier alpha value is -2.72. The molecule has 1 fully saturated rings. The Labute approximate surface area is 180 Å². The van der Waals surface area contributed by atoms with Crippen molar-refractivity contribution >= 4 is 41.2 Å². The molecule has 1 saturated heterocycles. The van der Waals surface area contributed by atoms with E-state index >= 15 is 0 Å². The van der Waals surface area contributed by atoms with Crippen molar-refractivity contribution in [1.82, 2.24) is 0 Å². The Balaban J connectivity index is 1.74. The van der Waals surface area contributed by atoms with Crippen LogP contribution in [0.4, 0.5) is 11.4 Å². The number of anilines is 1. The van der Waals surface area contributed by atoms with Gasteiger partial charge in [-0.25, -0.2) is 9.57 Å². The summed E-state index contributed by atoms with van der Waals surface area (Å²) in [4.78, 5) is 7.68. The van der Waals surface area contributed by atoms with Gasteiger partial charge in [-0.3, -0.25) is 0 Å². The van der Waals surface area contributed by atoms with Gasteiger partial charge in [-0.15, -0.1) is 0 Å². The van der Waals surface area contributed by atoms with Gasteiger partial charge in [-0.2, -0.15) is 0 Å². The molecule has 1 aliphatic carbocycles. The predicted molar refractivity (Wildman–Crippen MR) is 131 cm³/mol. The fraction of sp³-hybridized carbons (Fsp3) is 0.308. The Morgan fingerprint density at radius 3 is 2.43 bits per heavy atom. The van der Waals surface area contributed by atoms with Crippen LogP contribution in [0.25, 0.3) is 0 Å². The van der Waals surface area contributed by atoms with Gasteiger partial charge in [-0.05, 0) is 59.1 Å². The van der Waals surface area contributed by atoms with E-state index in [1.165, 1.54) is 59.3 Å². The molecule has 2 aromatic carbocycles. The monoisotopic (exact) mass is 412 g/mol. The summed E-state index contributed by atoms with van der Waals surface area (Å²) in [7, 11) is 2.06. The van der Waals surface area contributed by atoms with Gasteiger partial charge < -0.3 is 4.90 Å². The number of benzene rings is 2.